The van der Waals surface area contributed by atoms with Crippen molar-refractivity contribution in [3.63, 3.8) is 0 Å². The molecule has 0 saturated carbocycles. The maximum absolute atomic E-state index is 13.5. The Hall–Kier alpha value is -2.16. The molecule has 2 aromatic rings. The van der Waals surface area contributed by atoms with Gasteiger partial charge in [-0.1, -0.05) is 29.8 Å². The van der Waals surface area contributed by atoms with Crippen LogP contribution in [0.4, 0.5) is 10.1 Å². The van der Waals surface area contributed by atoms with E-state index < -0.39 is 28.3 Å². The number of carbonyl (C=O) groups is 1. The van der Waals surface area contributed by atoms with Crippen LogP contribution in [0.15, 0.2) is 53.4 Å². The molecule has 0 spiro atoms. The number of hydrogen-bond acceptors (Lipinski definition) is 4. The molecule has 1 aliphatic rings. The van der Waals surface area contributed by atoms with Crippen molar-refractivity contribution >= 4 is 33.2 Å². The molecule has 1 heterocycles. The van der Waals surface area contributed by atoms with Crippen LogP contribution < -0.4 is 9.62 Å². The van der Waals surface area contributed by atoms with Crippen molar-refractivity contribution in [1.29, 1.82) is 0 Å². The standard InChI is InChI=1S/C19H20ClFN2O4S/c20-17-11-14(8-9-18(17)21)23(28(25,26)16-6-2-1-3-7-16)13-19(24)22-12-15-5-4-10-27-15/h1-3,6-9,11,15H,4-5,10,12-13H2,(H,22,24)/t15-/m1/s1. The number of ether oxygens (including phenoxy) is 1. The van der Waals surface area contributed by atoms with Crippen molar-refractivity contribution < 1.29 is 22.3 Å². The predicted molar refractivity (Wildman–Crippen MR) is 104 cm³/mol. The molecule has 0 aromatic heterocycles. The molecule has 2 aromatic carbocycles. The van der Waals surface area contributed by atoms with Gasteiger partial charge in [0.1, 0.15) is 12.4 Å². The third-order valence-electron chi connectivity index (χ3n) is 4.36. The highest BCUT2D eigenvalue weighted by molar-refractivity contribution is 7.92. The summed E-state index contributed by atoms with van der Waals surface area (Å²) < 4.78 is 46.1. The Morgan fingerprint density at radius 2 is 2.00 bits per heavy atom. The highest BCUT2D eigenvalue weighted by atomic mass is 35.5. The summed E-state index contributed by atoms with van der Waals surface area (Å²) in [6.07, 6.45) is 1.71. The zero-order chi connectivity index (χ0) is 20.1. The number of hydrogen-bond donors (Lipinski definition) is 1. The summed E-state index contributed by atoms with van der Waals surface area (Å²) in [5.41, 5.74) is 0.0996. The van der Waals surface area contributed by atoms with Gasteiger partial charge in [-0.3, -0.25) is 9.10 Å². The van der Waals surface area contributed by atoms with Crippen LogP contribution in [-0.4, -0.2) is 40.1 Å². The Morgan fingerprint density at radius 1 is 1.25 bits per heavy atom. The van der Waals surface area contributed by atoms with E-state index in [9.17, 15) is 17.6 Å². The van der Waals surface area contributed by atoms with Gasteiger partial charge in [-0.15, -0.1) is 0 Å². The van der Waals surface area contributed by atoms with Crippen LogP contribution >= 0.6 is 11.6 Å². The fraction of sp³-hybridized carbons (Fsp3) is 0.316. The van der Waals surface area contributed by atoms with Crippen LogP contribution in [0.2, 0.25) is 5.02 Å². The van der Waals surface area contributed by atoms with Crippen molar-refractivity contribution in [3.05, 3.63) is 59.4 Å². The second kappa shape index (κ2) is 8.89. The van der Waals surface area contributed by atoms with Gasteiger partial charge in [0.25, 0.3) is 10.0 Å². The van der Waals surface area contributed by atoms with E-state index in [1.165, 1.54) is 24.3 Å². The Morgan fingerprint density at radius 3 is 2.64 bits per heavy atom. The molecule has 6 nitrogen and oxygen atoms in total. The highest BCUT2D eigenvalue weighted by Crippen LogP contribution is 2.27. The normalized spacial score (nSPS) is 16.7. The van der Waals surface area contributed by atoms with E-state index in [1.54, 1.807) is 18.2 Å². The molecule has 0 aliphatic carbocycles. The first-order valence-electron chi connectivity index (χ1n) is 8.79. The van der Waals surface area contributed by atoms with E-state index in [-0.39, 0.29) is 21.7 Å². The highest BCUT2D eigenvalue weighted by Gasteiger charge is 2.28. The Kier molecular flexibility index (Phi) is 6.53. The molecule has 9 heteroatoms. The van der Waals surface area contributed by atoms with E-state index in [4.69, 9.17) is 16.3 Å². The van der Waals surface area contributed by atoms with Gasteiger partial charge >= 0.3 is 0 Å². The molecule has 28 heavy (non-hydrogen) atoms. The fourth-order valence-electron chi connectivity index (χ4n) is 2.89. The molecule has 1 atom stereocenters. The van der Waals surface area contributed by atoms with E-state index in [1.807, 2.05) is 0 Å². The summed E-state index contributed by atoms with van der Waals surface area (Å²) in [7, 11) is -4.06. The molecular formula is C19H20ClFN2O4S. The molecule has 0 radical (unpaired) electrons. The smallest absolute Gasteiger partial charge is 0.264 e. The van der Waals surface area contributed by atoms with Gasteiger partial charge in [0.05, 0.1) is 21.7 Å². The largest absolute Gasteiger partial charge is 0.376 e. The van der Waals surface area contributed by atoms with Crippen LogP contribution in [0.3, 0.4) is 0 Å². The van der Waals surface area contributed by atoms with Crippen molar-refractivity contribution in [3.8, 4) is 0 Å². The lowest BCUT2D eigenvalue weighted by Crippen LogP contribution is -2.42. The zero-order valence-electron chi connectivity index (χ0n) is 15.0. The van der Waals surface area contributed by atoms with Crippen molar-refractivity contribution in [1.82, 2.24) is 5.32 Å². The predicted octanol–water partition coefficient (Wildman–Crippen LogP) is 2.97. The Labute approximate surface area is 168 Å². The third-order valence-corrected chi connectivity index (χ3v) is 6.44. The summed E-state index contributed by atoms with van der Waals surface area (Å²) in [5, 5.41) is 2.47. The number of nitrogens with one attached hydrogen (secondary N) is 1. The lowest BCUT2D eigenvalue weighted by molar-refractivity contribution is -0.120. The van der Waals surface area contributed by atoms with E-state index >= 15 is 0 Å². The number of carbonyl (C=O) groups excluding carboxylic acids is 1. The van der Waals surface area contributed by atoms with Gasteiger partial charge in [0, 0.05) is 13.2 Å². The molecule has 1 fully saturated rings. The summed E-state index contributed by atoms with van der Waals surface area (Å²) in [6.45, 7) is 0.497. The lowest BCUT2D eigenvalue weighted by Gasteiger charge is -2.24. The van der Waals surface area contributed by atoms with Gasteiger partial charge in [-0.2, -0.15) is 0 Å². The molecule has 0 unspecified atom stereocenters. The fourth-order valence-corrected chi connectivity index (χ4v) is 4.50. The van der Waals surface area contributed by atoms with Crippen LogP contribution in [0.25, 0.3) is 0 Å². The minimum Gasteiger partial charge on any atom is -0.376 e. The van der Waals surface area contributed by atoms with Gasteiger partial charge in [0.2, 0.25) is 5.91 Å². The first kappa shape index (κ1) is 20.6. The molecule has 1 saturated heterocycles. The van der Waals surface area contributed by atoms with Crippen molar-refractivity contribution in [2.75, 3.05) is 24.0 Å². The second-order valence-corrected chi connectivity index (χ2v) is 8.63. The van der Waals surface area contributed by atoms with Crippen LogP contribution in [0, 0.1) is 5.82 Å². The molecule has 1 amide bonds. The zero-order valence-corrected chi connectivity index (χ0v) is 16.5. The van der Waals surface area contributed by atoms with E-state index in [0.29, 0.717) is 13.2 Å². The van der Waals surface area contributed by atoms with Gasteiger partial charge in [-0.25, -0.2) is 12.8 Å². The SMILES string of the molecule is O=C(CN(c1ccc(F)c(Cl)c1)S(=O)(=O)c1ccccc1)NC[C@H]1CCCO1. The topological polar surface area (TPSA) is 75.7 Å². The van der Waals surface area contributed by atoms with E-state index in [0.717, 1.165) is 23.2 Å². The molecular weight excluding hydrogens is 407 g/mol. The number of anilines is 1. The van der Waals surface area contributed by atoms with E-state index in [2.05, 4.69) is 5.32 Å². The number of amides is 1. The number of halogens is 2. The van der Waals surface area contributed by atoms with Gasteiger partial charge < -0.3 is 10.1 Å². The summed E-state index contributed by atoms with van der Waals surface area (Å²) in [4.78, 5) is 12.4. The molecule has 150 valence electrons. The average molecular weight is 427 g/mol. The maximum atomic E-state index is 13.5. The van der Waals surface area contributed by atoms with Crippen LogP contribution in [-0.2, 0) is 19.6 Å². The lowest BCUT2D eigenvalue weighted by atomic mass is 10.2. The second-order valence-electron chi connectivity index (χ2n) is 6.36. The van der Waals surface area contributed by atoms with Crippen molar-refractivity contribution in [2.45, 2.75) is 23.8 Å². The Bertz CT molecular complexity index is 934. The number of benzene rings is 2. The van der Waals surface area contributed by atoms with Gasteiger partial charge in [0.15, 0.2) is 0 Å². The molecule has 3 rings (SSSR count). The first-order valence-corrected chi connectivity index (χ1v) is 10.6. The van der Waals surface area contributed by atoms with Crippen LogP contribution in [0.1, 0.15) is 12.8 Å². The molecule has 1 aliphatic heterocycles. The minimum atomic E-state index is -4.06. The monoisotopic (exact) mass is 426 g/mol. The average Bonchev–Trinajstić information content (AvgIpc) is 3.21. The molecule has 0 bridgehead atoms. The van der Waals surface area contributed by atoms with Crippen molar-refractivity contribution in [2.24, 2.45) is 0 Å². The third kappa shape index (κ3) is 4.81. The number of sulfonamides is 1. The summed E-state index contributed by atoms with van der Waals surface area (Å²) in [5.74, 6) is -1.17. The maximum Gasteiger partial charge on any atom is 0.264 e. The van der Waals surface area contributed by atoms with Gasteiger partial charge in [-0.05, 0) is 43.2 Å². The summed E-state index contributed by atoms with van der Waals surface area (Å²) in [6, 6.07) is 11.2. The molecule has 1 N–H and O–H groups in total. The number of nitrogens with zero attached hydrogens (tertiary/aromatic N) is 1. The number of rotatable bonds is 7. The minimum absolute atomic E-state index is 0.0161. The summed E-state index contributed by atoms with van der Waals surface area (Å²) >= 11 is 5.82. The first-order chi connectivity index (χ1) is 13.4. The Balaban J connectivity index is 1.85. The quantitative estimate of drug-likeness (QED) is 0.738. The van der Waals surface area contributed by atoms with Crippen LogP contribution in [0.5, 0.6) is 0 Å².